The van der Waals surface area contributed by atoms with Crippen molar-refractivity contribution in [1.29, 1.82) is 0 Å². The SMILES string of the molecule is CC(C)[C@H](NC(=O)OC(C)(C)C)C(=O)OCOc1cc(C(=O)NN(Cc2ccc(-c3cccc(Cl)c3)cc2)C[C@@H](O)C(=O)OCC(=O)c2ccccc2)on1. The highest BCUT2D eigenvalue weighted by Crippen LogP contribution is 2.23. The van der Waals surface area contributed by atoms with Gasteiger partial charge in [-0.1, -0.05) is 92.2 Å². The molecular formula is C39H43ClN4O11. The minimum atomic E-state index is -1.77. The molecule has 0 spiro atoms. The lowest BCUT2D eigenvalue weighted by Crippen LogP contribution is -2.47. The lowest BCUT2D eigenvalue weighted by Gasteiger charge is -2.24. The van der Waals surface area contributed by atoms with Gasteiger partial charge in [-0.05, 0) is 60.7 Å². The smallest absolute Gasteiger partial charge is 0.408 e. The molecular weight excluding hydrogens is 736 g/mol. The van der Waals surface area contributed by atoms with E-state index >= 15 is 0 Å². The van der Waals surface area contributed by atoms with Crippen LogP contribution in [0.1, 0.15) is 61.1 Å². The summed E-state index contributed by atoms with van der Waals surface area (Å²) in [5.41, 5.74) is 4.61. The Morgan fingerprint density at radius 2 is 1.60 bits per heavy atom. The van der Waals surface area contributed by atoms with E-state index in [0.717, 1.165) is 17.2 Å². The monoisotopic (exact) mass is 778 g/mol. The van der Waals surface area contributed by atoms with Crippen molar-refractivity contribution < 1.29 is 52.5 Å². The summed E-state index contributed by atoms with van der Waals surface area (Å²) in [4.78, 5) is 63.3. The molecule has 16 heteroatoms. The van der Waals surface area contributed by atoms with Crippen molar-refractivity contribution in [3.63, 3.8) is 0 Å². The van der Waals surface area contributed by atoms with Crippen LogP contribution in [0.5, 0.6) is 5.88 Å². The number of alkyl carbamates (subject to hydrolysis) is 1. The number of hydrazine groups is 1. The molecule has 0 fully saturated rings. The van der Waals surface area contributed by atoms with E-state index < -0.39 is 67.4 Å². The fourth-order valence-corrected chi connectivity index (χ4v) is 5.06. The largest absolute Gasteiger partial charge is 0.455 e. The molecule has 0 bridgehead atoms. The van der Waals surface area contributed by atoms with Crippen LogP contribution in [-0.4, -0.2) is 82.7 Å². The number of hydrogen-bond donors (Lipinski definition) is 3. The van der Waals surface area contributed by atoms with Crippen LogP contribution in [0.3, 0.4) is 0 Å². The van der Waals surface area contributed by atoms with E-state index in [-0.39, 0.29) is 24.1 Å². The predicted octanol–water partition coefficient (Wildman–Crippen LogP) is 5.36. The summed E-state index contributed by atoms with van der Waals surface area (Å²) >= 11 is 6.15. The Hall–Kier alpha value is -5.77. The fourth-order valence-electron chi connectivity index (χ4n) is 4.87. The molecule has 0 saturated carbocycles. The maximum Gasteiger partial charge on any atom is 0.408 e. The molecule has 55 heavy (non-hydrogen) atoms. The van der Waals surface area contributed by atoms with Gasteiger partial charge in [0.15, 0.2) is 18.5 Å². The fraction of sp³-hybridized carbons (Fsp3) is 0.333. The maximum atomic E-state index is 13.3. The molecule has 1 heterocycles. The Morgan fingerprint density at radius 3 is 2.25 bits per heavy atom. The number of benzene rings is 3. The quantitative estimate of drug-likeness (QED) is 0.0408. The molecule has 15 nitrogen and oxygen atoms in total. The molecule has 0 aliphatic carbocycles. The first-order chi connectivity index (χ1) is 26.1. The van der Waals surface area contributed by atoms with Crippen molar-refractivity contribution in [2.75, 3.05) is 19.9 Å². The van der Waals surface area contributed by atoms with Gasteiger partial charge >= 0.3 is 23.9 Å². The third-order valence-electron chi connectivity index (χ3n) is 7.56. The first-order valence-electron chi connectivity index (χ1n) is 17.2. The summed E-state index contributed by atoms with van der Waals surface area (Å²) in [5, 5.41) is 18.7. The minimum Gasteiger partial charge on any atom is -0.455 e. The number of aliphatic hydroxyl groups excluding tert-OH is 1. The van der Waals surface area contributed by atoms with Crippen LogP contribution in [-0.2, 0) is 30.3 Å². The summed E-state index contributed by atoms with van der Waals surface area (Å²) in [7, 11) is 0. The van der Waals surface area contributed by atoms with E-state index in [0.29, 0.717) is 16.1 Å². The molecule has 1 aromatic heterocycles. The van der Waals surface area contributed by atoms with E-state index in [4.69, 9.17) is 35.1 Å². The first-order valence-corrected chi connectivity index (χ1v) is 17.5. The summed E-state index contributed by atoms with van der Waals surface area (Å²) in [5.74, 6) is -4.01. The third kappa shape index (κ3) is 13.5. The van der Waals surface area contributed by atoms with Crippen LogP contribution < -0.4 is 15.5 Å². The van der Waals surface area contributed by atoms with Crippen molar-refractivity contribution in [3.05, 3.63) is 107 Å². The van der Waals surface area contributed by atoms with Crippen molar-refractivity contribution >= 4 is 41.3 Å². The number of halogens is 1. The second-order valence-corrected chi connectivity index (χ2v) is 14.0. The molecule has 292 valence electrons. The second-order valence-electron chi connectivity index (χ2n) is 13.6. The van der Waals surface area contributed by atoms with E-state index in [1.54, 1.807) is 83.1 Å². The van der Waals surface area contributed by atoms with Gasteiger partial charge in [0.1, 0.15) is 11.6 Å². The van der Waals surface area contributed by atoms with Crippen molar-refractivity contribution in [1.82, 2.24) is 20.9 Å². The molecule has 2 amide bonds. The average Bonchev–Trinajstić information content (AvgIpc) is 3.61. The van der Waals surface area contributed by atoms with Gasteiger partial charge in [0, 0.05) is 17.1 Å². The minimum absolute atomic E-state index is 0.0106. The van der Waals surface area contributed by atoms with Crippen molar-refractivity contribution in [2.24, 2.45) is 5.92 Å². The molecule has 0 radical (unpaired) electrons. The Balaban J connectivity index is 1.39. The van der Waals surface area contributed by atoms with Crippen LogP contribution in [0.25, 0.3) is 11.1 Å². The van der Waals surface area contributed by atoms with Crippen LogP contribution >= 0.6 is 11.6 Å². The number of carbonyl (C=O) groups is 5. The highest BCUT2D eigenvalue weighted by Gasteiger charge is 2.29. The lowest BCUT2D eigenvalue weighted by molar-refractivity contribution is -0.154. The average molecular weight is 779 g/mol. The molecule has 2 atom stereocenters. The third-order valence-corrected chi connectivity index (χ3v) is 7.80. The summed E-state index contributed by atoms with van der Waals surface area (Å²) in [6.45, 7) is 6.84. The lowest BCUT2D eigenvalue weighted by atomic mass is 10.0. The summed E-state index contributed by atoms with van der Waals surface area (Å²) in [6, 6.07) is 22.9. The molecule has 0 unspecified atom stereocenters. The number of hydrogen-bond acceptors (Lipinski definition) is 13. The van der Waals surface area contributed by atoms with E-state index in [2.05, 4.69) is 15.9 Å². The maximum absolute atomic E-state index is 13.3. The van der Waals surface area contributed by atoms with Crippen LogP contribution in [0.2, 0.25) is 5.02 Å². The number of aromatic nitrogens is 1. The highest BCUT2D eigenvalue weighted by atomic mass is 35.5. The Labute approximate surface area is 322 Å². The standard InChI is InChI=1S/C39H43ClN4O11/c1-24(2)34(41-38(50)54-39(3,4)5)37(49)53-23-52-33-19-32(55-43-33)35(47)42-44(20-25-14-16-26(17-15-25)28-12-9-13-29(40)18-28)21-30(45)36(48)51-22-31(46)27-10-7-6-8-11-27/h6-19,24,30,34,45H,20-23H2,1-5H3,(H,41,50)(H,42,47)/t30-,34+/m1/s1. The van der Waals surface area contributed by atoms with Crippen LogP contribution in [0.15, 0.2) is 89.5 Å². The number of Topliss-reactive ketones (excluding diaryl/α,β-unsaturated/α-hetero) is 1. The highest BCUT2D eigenvalue weighted by molar-refractivity contribution is 6.30. The molecule has 4 aromatic rings. The van der Waals surface area contributed by atoms with E-state index in [9.17, 15) is 29.1 Å². The predicted molar refractivity (Wildman–Crippen MR) is 199 cm³/mol. The number of amides is 2. The number of ketones is 1. The molecule has 3 aromatic carbocycles. The van der Waals surface area contributed by atoms with Crippen LogP contribution in [0, 0.1) is 5.92 Å². The molecule has 0 aliphatic heterocycles. The Bertz CT molecular complexity index is 1930. The topological polar surface area (TPSA) is 196 Å². The first kappa shape index (κ1) is 42.0. The summed E-state index contributed by atoms with van der Waals surface area (Å²) in [6.07, 6.45) is -2.56. The number of ether oxygens (including phenoxy) is 4. The van der Waals surface area contributed by atoms with Gasteiger partial charge < -0.3 is 33.9 Å². The van der Waals surface area contributed by atoms with Crippen molar-refractivity contribution in [2.45, 2.75) is 58.9 Å². The Kier molecular flexibility index (Phi) is 14.9. The van der Waals surface area contributed by atoms with E-state index in [1.165, 1.54) is 5.01 Å². The van der Waals surface area contributed by atoms with Gasteiger partial charge in [-0.15, -0.1) is 0 Å². The molecule has 0 aliphatic rings. The second kappa shape index (κ2) is 19.5. The number of nitrogens with one attached hydrogen (secondary N) is 2. The van der Waals surface area contributed by atoms with Gasteiger partial charge in [-0.2, -0.15) is 0 Å². The van der Waals surface area contributed by atoms with Crippen LogP contribution in [0.4, 0.5) is 4.79 Å². The number of rotatable bonds is 17. The van der Waals surface area contributed by atoms with Gasteiger partial charge in [0.05, 0.1) is 12.6 Å². The zero-order valence-electron chi connectivity index (χ0n) is 30.9. The number of aliphatic hydroxyl groups is 1. The number of esters is 2. The summed E-state index contributed by atoms with van der Waals surface area (Å²) < 4.78 is 25.9. The van der Waals surface area contributed by atoms with Gasteiger partial charge in [0.25, 0.3) is 5.88 Å². The zero-order valence-corrected chi connectivity index (χ0v) is 31.7. The number of nitrogens with zero attached hydrogens (tertiary/aromatic N) is 2. The molecule has 0 saturated heterocycles. The molecule has 4 rings (SSSR count). The van der Waals surface area contributed by atoms with Gasteiger partial charge in [-0.25, -0.2) is 19.4 Å². The van der Waals surface area contributed by atoms with Crippen molar-refractivity contribution in [3.8, 4) is 17.0 Å². The number of carbonyl (C=O) groups excluding carboxylic acids is 5. The van der Waals surface area contributed by atoms with E-state index in [1.807, 2.05) is 30.3 Å². The van der Waals surface area contributed by atoms with Gasteiger partial charge in [-0.3, -0.25) is 15.0 Å². The normalized spacial score (nSPS) is 12.4. The zero-order chi connectivity index (χ0) is 40.1. The van der Waals surface area contributed by atoms with Gasteiger partial charge in [0.2, 0.25) is 12.6 Å². The molecule has 3 N–H and O–H groups in total. The Morgan fingerprint density at radius 1 is 0.891 bits per heavy atom.